The lowest BCUT2D eigenvalue weighted by Crippen LogP contribution is -2.36. The molecule has 0 saturated carbocycles. The van der Waals surface area contributed by atoms with Crippen LogP contribution in [0.15, 0.2) is 4.90 Å². The first-order chi connectivity index (χ1) is 8.44. The normalized spacial score (nSPS) is 17.8. The van der Waals surface area contributed by atoms with Crippen LogP contribution < -0.4 is 0 Å². The van der Waals surface area contributed by atoms with Gasteiger partial charge in [0, 0.05) is 6.54 Å². The fourth-order valence-corrected chi connectivity index (χ4v) is 3.34. The van der Waals surface area contributed by atoms with Gasteiger partial charge in [-0.3, -0.25) is 9.94 Å². The lowest BCUT2D eigenvalue weighted by atomic mass is 10.3. The Bertz CT molecular complexity index is 559. The molecule has 1 aliphatic heterocycles. The molecule has 1 aromatic rings. The van der Waals surface area contributed by atoms with E-state index in [0.717, 1.165) is 10.9 Å². The second kappa shape index (κ2) is 4.67. The van der Waals surface area contributed by atoms with Gasteiger partial charge in [0.25, 0.3) is 10.0 Å². The van der Waals surface area contributed by atoms with E-state index >= 15 is 0 Å². The number of aromatic carboxylic acids is 1. The molecule has 9 heteroatoms. The van der Waals surface area contributed by atoms with Crippen LogP contribution >= 0.6 is 0 Å². The second-order valence-electron chi connectivity index (χ2n) is 3.90. The Kier molecular flexibility index (Phi) is 3.37. The summed E-state index contributed by atoms with van der Waals surface area (Å²) < 4.78 is 25.4. The topological polar surface area (TPSA) is 113 Å². The largest absolute Gasteiger partial charge is 0.476 e. The fourth-order valence-electron chi connectivity index (χ4n) is 1.74. The van der Waals surface area contributed by atoms with Crippen molar-refractivity contribution >= 4 is 16.0 Å². The van der Waals surface area contributed by atoms with E-state index in [1.54, 1.807) is 0 Å². The minimum absolute atomic E-state index is 0.182. The smallest absolute Gasteiger partial charge is 0.357 e. The van der Waals surface area contributed by atoms with Gasteiger partial charge in [-0.25, -0.2) is 13.2 Å². The summed E-state index contributed by atoms with van der Waals surface area (Å²) in [5, 5.41) is 14.8. The Morgan fingerprint density at radius 2 is 2.22 bits per heavy atom. The highest BCUT2D eigenvalue weighted by molar-refractivity contribution is 7.89. The summed E-state index contributed by atoms with van der Waals surface area (Å²) in [6, 6.07) is 0. The molecule has 1 fully saturated rings. The summed E-state index contributed by atoms with van der Waals surface area (Å²) in [5.41, 5.74) is -0.330. The number of aromatic amines is 1. The monoisotopic (exact) mass is 275 g/mol. The van der Waals surface area contributed by atoms with Crippen LogP contribution in [-0.2, 0) is 14.9 Å². The molecular formula is C9H13N3O5S. The van der Waals surface area contributed by atoms with Crippen LogP contribution in [0.1, 0.15) is 29.0 Å². The van der Waals surface area contributed by atoms with Gasteiger partial charge in [0.1, 0.15) is 4.90 Å². The molecule has 18 heavy (non-hydrogen) atoms. The van der Waals surface area contributed by atoms with Crippen LogP contribution in [0.2, 0.25) is 0 Å². The van der Waals surface area contributed by atoms with Crippen molar-refractivity contribution in [3.05, 3.63) is 11.4 Å². The number of H-pyrrole nitrogens is 1. The van der Waals surface area contributed by atoms with E-state index in [1.807, 2.05) is 0 Å². The summed E-state index contributed by atoms with van der Waals surface area (Å²) in [4.78, 5) is 15.7. The van der Waals surface area contributed by atoms with Crippen LogP contribution in [0, 0.1) is 6.92 Å². The zero-order valence-electron chi connectivity index (χ0n) is 9.71. The molecule has 1 aliphatic rings. The number of nitrogens with one attached hydrogen (secondary N) is 1. The highest BCUT2D eigenvalue weighted by Gasteiger charge is 2.35. The Morgan fingerprint density at radius 3 is 2.78 bits per heavy atom. The first-order valence-corrected chi connectivity index (χ1v) is 6.82. The standard InChI is InChI=1S/C9H13N3O5S/c1-6-8(7(9(13)14)11-10-6)18(15,16)12-4-2-3-5-17-12/h2-5H2,1H3,(H,10,11)(H,13,14). The van der Waals surface area contributed by atoms with Gasteiger partial charge in [-0.2, -0.15) is 5.10 Å². The maximum atomic E-state index is 12.3. The number of carboxylic acid groups (broad SMARTS) is 1. The van der Waals surface area contributed by atoms with E-state index in [9.17, 15) is 13.2 Å². The highest BCUT2D eigenvalue weighted by Crippen LogP contribution is 2.24. The third-order valence-corrected chi connectivity index (χ3v) is 4.43. The van der Waals surface area contributed by atoms with Crippen molar-refractivity contribution in [3.63, 3.8) is 0 Å². The number of aryl methyl sites for hydroxylation is 1. The fraction of sp³-hybridized carbons (Fsp3) is 0.556. The van der Waals surface area contributed by atoms with Crippen LogP contribution in [0.5, 0.6) is 0 Å². The molecule has 0 amide bonds. The van der Waals surface area contributed by atoms with Gasteiger partial charge in [0.2, 0.25) is 0 Å². The van der Waals surface area contributed by atoms with Crippen LogP contribution in [0.4, 0.5) is 0 Å². The number of aromatic nitrogens is 2. The van der Waals surface area contributed by atoms with Crippen molar-refractivity contribution < 1.29 is 23.2 Å². The van der Waals surface area contributed by atoms with Gasteiger partial charge in [-0.1, -0.05) is 4.47 Å². The third kappa shape index (κ3) is 2.11. The van der Waals surface area contributed by atoms with E-state index in [4.69, 9.17) is 9.94 Å². The van der Waals surface area contributed by atoms with E-state index in [1.165, 1.54) is 6.92 Å². The van der Waals surface area contributed by atoms with Crippen molar-refractivity contribution in [3.8, 4) is 0 Å². The molecule has 8 nitrogen and oxygen atoms in total. The molecule has 100 valence electrons. The Hall–Kier alpha value is -1.45. The quantitative estimate of drug-likeness (QED) is 0.811. The summed E-state index contributed by atoms with van der Waals surface area (Å²) in [5.74, 6) is -1.39. The van der Waals surface area contributed by atoms with E-state index in [0.29, 0.717) is 13.0 Å². The molecule has 0 atom stereocenters. The van der Waals surface area contributed by atoms with Crippen LogP contribution in [-0.4, -0.2) is 47.3 Å². The van der Waals surface area contributed by atoms with Crippen LogP contribution in [0.25, 0.3) is 0 Å². The SMILES string of the molecule is Cc1[nH]nc(C(=O)O)c1S(=O)(=O)N1CCCCO1. The predicted octanol–water partition coefficient (Wildman–Crippen LogP) is 0.132. The molecule has 1 saturated heterocycles. The third-order valence-electron chi connectivity index (χ3n) is 2.59. The first-order valence-electron chi connectivity index (χ1n) is 5.38. The van der Waals surface area contributed by atoms with Gasteiger partial charge in [0.15, 0.2) is 5.69 Å². The number of rotatable bonds is 3. The summed E-state index contributed by atoms with van der Waals surface area (Å²) in [7, 11) is -3.99. The Morgan fingerprint density at radius 1 is 1.50 bits per heavy atom. The molecule has 2 rings (SSSR count). The van der Waals surface area contributed by atoms with Gasteiger partial charge in [-0.15, -0.1) is 0 Å². The van der Waals surface area contributed by atoms with Gasteiger partial charge < -0.3 is 5.11 Å². The van der Waals surface area contributed by atoms with Crippen molar-refractivity contribution in [1.29, 1.82) is 0 Å². The molecule has 0 spiro atoms. The molecular weight excluding hydrogens is 262 g/mol. The lowest BCUT2D eigenvalue weighted by Gasteiger charge is -2.25. The zero-order valence-corrected chi connectivity index (χ0v) is 10.5. The Balaban J connectivity index is 2.46. The van der Waals surface area contributed by atoms with E-state index < -0.39 is 21.7 Å². The number of hydrogen-bond acceptors (Lipinski definition) is 5. The lowest BCUT2D eigenvalue weighted by molar-refractivity contribution is -0.108. The zero-order chi connectivity index (χ0) is 13.3. The number of nitrogens with zero attached hydrogens (tertiary/aromatic N) is 2. The summed E-state index contributed by atoms with van der Waals surface area (Å²) in [6.07, 6.45) is 1.46. The number of carbonyl (C=O) groups is 1. The summed E-state index contributed by atoms with van der Waals surface area (Å²) in [6.45, 7) is 1.97. The molecule has 0 bridgehead atoms. The van der Waals surface area contributed by atoms with Gasteiger partial charge in [-0.05, 0) is 19.8 Å². The maximum Gasteiger partial charge on any atom is 0.357 e. The van der Waals surface area contributed by atoms with E-state index in [2.05, 4.69) is 10.2 Å². The molecule has 0 aliphatic carbocycles. The first kappa shape index (κ1) is 13.0. The summed E-state index contributed by atoms with van der Waals surface area (Å²) >= 11 is 0. The molecule has 0 radical (unpaired) electrons. The van der Waals surface area contributed by atoms with Crippen molar-refractivity contribution in [1.82, 2.24) is 14.7 Å². The molecule has 0 aromatic carbocycles. The van der Waals surface area contributed by atoms with Crippen LogP contribution in [0.3, 0.4) is 0 Å². The van der Waals surface area contributed by atoms with Gasteiger partial charge >= 0.3 is 5.97 Å². The molecule has 0 unspecified atom stereocenters. The minimum Gasteiger partial charge on any atom is -0.476 e. The second-order valence-corrected chi connectivity index (χ2v) is 5.67. The van der Waals surface area contributed by atoms with Gasteiger partial charge in [0.05, 0.1) is 12.3 Å². The van der Waals surface area contributed by atoms with E-state index in [-0.39, 0.29) is 17.1 Å². The molecule has 2 N–H and O–H groups in total. The number of hydrogen-bond donors (Lipinski definition) is 2. The van der Waals surface area contributed by atoms with Crippen molar-refractivity contribution in [2.24, 2.45) is 0 Å². The molecule has 2 heterocycles. The Labute approximate surface area is 104 Å². The predicted molar refractivity (Wildman–Crippen MR) is 59.4 cm³/mol. The number of carboxylic acids is 1. The average Bonchev–Trinajstić information content (AvgIpc) is 2.73. The number of sulfonamides is 1. The average molecular weight is 275 g/mol. The minimum atomic E-state index is -3.99. The number of hydroxylamine groups is 1. The van der Waals surface area contributed by atoms with Crippen molar-refractivity contribution in [2.45, 2.75) is 24.7 Å². The maximum absolute atomic E-state index is 12.3. The molecule has 1 aromatic heterocycles. The van der Waals surface area contributed by atoms with Crippen molar-refractivity contribution in [2.75, 3.05) is 13.2 Å². The highest BCUT2D eigenvalue weighted by atomic mass is 32.2.